The maximum absolute atomic E-state index is 11.9. The topological polar surface area (TPSA) is 77.2 Å². The van der Waals surface area contributed by atoms with Crippen LogP contribution >= 0.6 is 11.8 Å². The van der Waals surface area contributed by atoms with Crippen molar-refractivity contribution in [2.24, 2.45) is 0 Å². The van der Waals surface area contributed by atoms with Crippen LogP contribution in [0.25, 0.3) is 0 Å². The Balaban J connectivity index is 1.42. The van der Waals surface area contributed by atoms with Crippen LogP contribution in [-0.2, 0) is 11.4 Å². The van der Waals surface area contributed by atoms with Crippen molar-refractivity contribution in [3.63, 3.8) is 0 Å². The second-order valence-electron chi connectivity index (χ2n) is 5.90. The molecule has 1 aliphatic rings. The zero-order chi connectivity index (χ0) is 16.8. The predicted octanol–water partition coefficient (Wildman–Crippen LogP) is 3.11. The van der Waals surface area contributed by atoms with E-state index in [4.69, 9.17) is 9.15 Å². The van der Waals surface area contributed by atoms with E-state index in [0.29, 0.717) is 17.2 Å². The zero-order valence-corrected chi connectivity index (χ0v) is 14.5. The number of aromatic nitrogens is 2. The first kappa shape index (κ1) is 16.8. The molecule has 0 unspecified atom stereocenters. The molecule has 24 heavy (non-hydrogen) atoms. The molecule has 0 radical (unpaired) electrons. The van der Waals surface area contributed by atoms with Crippen LogP contribution in [0.15, 0.2) is 33.9 Å². The van der Waals surface area contributed by atoms with E-state index in [1.54, 1.807) is 0 Å². The van der Waals surface area contributed by atoms with E-state index in [1.807, 2.05) is 31.2 Å². The standard InChI is InChI=1S/C17H21N3O3S/c1-12-5-4-8-14(9-12)22-10-16-19-20-17(23-16)24-11-15(21)18-13-6-2-3-7-13/h4-5,8-9,13H,2-3,6-7,10-11H2,1H3,(H,18,21). The fourth-order valence-electron chi connectivity index (χ4n) is 2.67. The summed E-state index contributed by atoms with van der Waals surface area (Å²) in [6.45, 7) is 2.22. The highest BCUT2D eigenvalue weighted by Gasteiger charge is 2.17. The number of carbonyl (C=O) groups is 1. The first-order chi connectivity index (χ1) is 11.7. The van der Waals surface area contributed by atoms with Gasteiger partial charge in [0.15, 0.2) is 6.61 Å². The summed E-state index contributed by atoms with van der Waals surface area (Å²) in [4.78, 5) is 11.9. The van der Waals surface area contributed by atoms with Gasteiger partial charge in [0.1, 0.15) is 5.75 Å². The number of rotatable bonds is 7. The van der Waals surface area contributed by atoms with Crippen molar-refractivity contribution >= 4 is 17.7 Å². The van der Waals surface area contributed by atoms with E-state index < -0.39 is 0 Å². The predicted molar refractivity (Wildman–Crippen MR) is 90.9 cm³/mol. The summed E-state index contributed by atoms with van der Waals surface area (Å²) in [7, 11) is 0. The molecule has 128 valence electrons. The van der Waals surface area contributed by atoms with Gasteiger partial charge in [-0.15, -0.1) is 10.2 Å². The van der Waals surface area contributed by atoms with E-state index in [9.17, 15) is 4.79 Å². The summed E-state index contributed by atoms with van der Waals surface area (Å²) < 4.78 is 11.1. The number of nitrogens with one attached hydrogen (secondary N) is 1. The minimum atomic E-state index is 0.0164. The second kappa shape index (κ2) is 8.19. The van der Waals surface area contributed by atoms with Crippen LogP contribution in [0, 0.1) is 6.92 Å². The molecule has 1 aliphatic carbocycles. The molecule has 7 heteroatoms. The molecule has 1 fully saturated rings. The van der Waals surface area contributed by atoms with Gasteiger partial charge in [0.05, 0.1) is 5.75 Å². The van der Waals surface area contributed by atoms with Gasteiger partial charge in [0.2, 0.25) is 5.91 Å². The molecule has 1 aromatic carbocycles. The summed E-state index contributed by atoms with van der Waals surface area (Å²) in [5.74, 6) is 1.47. The third-order valence-electron chi connectivity index (χ3n) is 3.85. The van der Waals surface area contributed by atoms with Crippen molar-refractivity contribution in [1.82, 2.24) is 15.5 Å². The Morgan fingerprint density at radius 2 is 2.21 bits per heavy atom. The van der Waals surface area contributed by atoms with Gasteiger partial charge >= 0.3 is 0 Å². The summed E-state index contributed by atoms with van der Waals surface area (Å²) in [5, 5.41) is 11.3. The lowest BCUT2D eigenvalue weighted by Gasteiger charge is -2.10. The number of ether oxygens (including phenoxy) is 1. The maximum Gasteiger partial charge on any atom is 0.277 e. The van der Waals surface area contributed by atoms with Crippen molar-refractivity contribution in [1.29, 1.82) is 0 Å². The molecule has 1 aromatic heterocycles. The molecule has 1 N–H and O–H groups in total. The van der Waals surface area contributed by atoms with Crippen molar-refractivity contribution in [2.45, 2.75) is 50.5 Å². The summed E-state index contributed by atoms with van der Waals surface area (Å²) in [5.41, 5.74) is 1.13. The molecule has 0 bridgehead atoms. The Kier molecular flexibility index (Phi) is 5.74. The molecule has 1 heterocycles. The van der Waals surface area contributed by atoms with Crippen LogP contribution in [0.5, 0.6) is 5.75 Å². The normalized spacial score (nSPS) is 14.7. The number of benzene rings is 1. The van der Waals surface area contributed by atoms with E-state index in [1.165, 1.54) is 24.6 Å². The van der Waals surface area contributed by atoms with Gasteiger partial charge in [-0.3, -0.25) is 4.79 Å². The number of aryl methyl sites for hydroxylation is 1. The van der Waals surface area contributed by atoms with Crippen LogP contribution in [0.2, 0.25) is 0 Å². The lowest BCUT2D eigenvalue weighted by molar-refractivity contribution is -0.119. The fourth-order valence-corrected chi connectivity index (χ4v) is 3.26. The number of thioether (sulfide) groups is 1. The average molecular weight is 347 g/mol. The van der Waals surface area contributed by atoms with E-state index in [0.717, 1.165) is 24.2 Å². The monoisotopic (exact) mass is 347 g/mol. The third kappa shape index (κ3) is 4.99. The van der Waals surface area contributed by atoms with E-state index in [2.05, 4.69) is 15.5 Å². The van der Waals surface area contributed by atoms with E-state index >= 15 is 0 Å². The van der Waals surface area contributed by atoms with Crippen LogP contribution in [0.1, 0.15) is 37.1 Å². The summed E-state index contributed by atoms with van der Waals surface area (Å²) in [6, 6.07) is 8.10. The molecule has 0 spiro atoms. The van der Waals surface area contributed by atoms with Gasteiger partial charge in [-0.2, -0.15) is 0 Å². The van der Waals surface area contributed by atoms with Gasteiger partial charge in [-0.1, -0.05) is 36.7 Å². The Morgan fingerprint density at radius 1 is 1.38 bits per heavy atom. The molecule has 0 aliphatic heterocycles. The Bertz CT molecular complexity index is 683. The summed E-state index contributed by atoms with van der Waals surface area (Å²) >= 11 is 1.25. The Hall–Kier alpha value is -2.02. The molecular formula is C17H21N3O3S. The van der Waals surface area contributed by atoms with Crippen LogP contribution < -0.4 is 10.1 Å². The molecule has 1 amide bonds. The number of hydrogen-bond acceptors (Lipinski definition) is 6. The van der Waals surface area contributed by atoms with Gasteiger partial charge < -0.3 is 14.5 Å². The van der Waals surface area contributed by atoms with Gasteiger partial charge in [0, 0.05) is 6.04 Å². The minimum absolute atomic E-state index is 0.0164. The highest BCUT2D eigenvalue weighted by atomic mass is 32.2. The van der Waals surface area contributed by atoms with Crippen molar-refractivity contribution in [3.8, 4) is 5.75 Å². The molecule has 2 aromatic rings. The smallest absolute Gasteiger partial charge is 0.277 e. The van der Waals surface area contributed by atoms with Crippen molar-refractivity contribution < 1.29 is 13.9 Å². The van der Waals surface area contributed by atoms with E-state index in [-0.39, 0.29) is 18.3 Å². The first-order valence-electron chi connectivity index (χ1n) is 8.13. The third-order valence-corrected chi connectivity index (χ3v) is 4.67. The molecule has 6 nitrogen and oxygen atoms in total. The second-order valence-corrected chi connectivity index (χ2v) is 6.83. The number of amides is 1. The molecule has 0 atom stereocenters. The maximum atomic E-state index is 11.9. The molecular weight excluding hydrogens is 326 g/mol. The van der Waals surface area contributed by atoms with Crippen molar-refractivity contribution in [2.75, 3.05) is 5.75 Å². The minimum Gasteiger partial charge on any atom is -0.484 e. The number of hydrogen-bond donors (Lipinski definition) is 1. The molecule has 1 saturated carbocycles. The Morgan fingerprint density at radius 3 is 3.00 bits per heavy atom. The fraction of sp³-hybridized carbons (Fsp3) is 0.471. The molecule has 0 saturated heterocycles. The summed E-state index contributed by atoms with van der Waals surface area (Å²) in [6.07, 6.45) is 4.56. The highest BCUT2D eigenvalue weighted by molar-refractivity contribution is 7.99. The van der Waals surface area contributed by atoms with Gasteiger partial charge in [0.25, 0.3) is 11.1 Å². The first-order valence-corrected chi connectivity index (χ1v) is 9.11. The largest absolute Gasteiger partial charge is 0.484 e. The van der Waals surface area contributed by atoms with Crippen LogP contribution in [-0.4, -0.2) is 27.9 Å². The number of carbonyl (C=O) groups excluding carboxylic acids is 1. The zero-order valence-electron chi connectivity index (χ0n) is 13.7. The Labute approximate surface area is 145 Å². The van der Waals surface area contributed by atoms with Gasteiger partial charge in [-0.25, -0.2) is 0 Å². The lowest BCUT2D eigenvalue weighted by Crippen LogP contribution is -2.33. The van der Waals surface area contributed by atoms with Crippen LogP contribution in [0.4, 0.5) is 0 Å². The number of nitrogens with zero attached hydrogens (tertiary/aromatic N) is 2. The quantitative estimate of drug-likeness (QED) is 0.776. The molecule has 3 rings (SSSR count). The highest BCUT2D eigenvalue weighted by Crippen LogP contribution is 2.20. The SMILES string of the molecule is Cc1cccc(OCc2nnc(SCC(=O)NC3CCCC3)o2)c1. The lowest BCUT2D eigenvalue weighted by atomic mass is 10.2. The average Bonchev–Trinajstić information content (AvgIpc) is 3.23. The van der Waals surface area contributed by atoms with Crippen LogP contribution in [0.3, 0.4) is 0 Å². The van der Waals surface area contributed by atoms with Crippen molar-refractivity contribution in [3.05, 3.63) is 35.7 Å². The van der Waals surface area contributed by atoms with Gasteiger partial charge in [-0.05, 0) is 37.5 Å².